The van der Waals surface area contributed by atoms with Crippen LogP contribution in [0.25, 0.3) is 0 Å². The van der Waals surface area contributed by atoms with E-state index in [9.17, 15) is 4.79 Å². The Morgan fingerprint density at radius 2 is 2.18 bits per heavy atom. The minimum Gasteiger partial charge on any atom is -0.493 e. The molecule has 0 aromatic heterocycles. The molecule has 0 saturated carbocycles. The van der Waals surface area contributed by atoms with Crippen molar-refractivity contribution in [2.24, 2.45) is 0 Å². The monoisotopic (exact) mass is 236 g/mol. The third-order valence-corrected chi connectivity index (χ3v) is 2.36. The molecule has 0 heterocycles. The lowest BCUT2D eigenvalue weighted by molar-refractivity contribution is -0.129. The van der Waals surface area contributed by atoms with Gasteiger partial charge in [0.25, 0.3) is 0 Å². The number of hydrogen-bond acceptors (Lipinski definition) is 3. The number of benzene rings is 1. The average molecular weight is 236 g/mol. The molecule has 17 heavy (non-hydrogen) atoms. The van der Waals surface area contributed by atoms with Crippen LogP contribution in [0.1, 0.15) is 12.0 Å². The lowest BCUT2D eigenvalue weighted by Gasteiger charge is -2.11. The maximum absolute atomic E-state index is 11.3. The predicted molar refractivity (Wildman–Crippen MR) is 68.0 cm³/mol. The second-order valence-corrected chi connectivity index (χ2v) is 4.06. The number of amides is 1. The Bertz CT molecular complexity index is 364. The van der Waals surface area contributed by atoms with Gasteiger partial charge in [0.05, 0.1) is 13.0 Å². The second-order valence-electron chi connectivity index (χ2n) is 4.06. The predicted octanol–water partition coefficient (Wildman–Crippen LogP) is 1.26. The van der Waals surface area contributed by atoms with E-state index in [0.717, 1.165) is 12.3 Å². The van der Waals surface area contributed by atoms with Gasteiger partial charge in [-0.15, -0.1) is 0 Å². The molecule has 0 bridgehead atoms. The fraction of sp³-hybridized carbons (Fsp3) is 0.462. The maximum atomic E-state index is 11.3. The molecule has 0 fully saturated rings. The van der Waals surface area contributed by atoms with Crippen molar-refractivity contribution in [2.75, 3.05) is 27.7 Å². The quantitative estimate of drug-likeness (QED) is 0.808. The number of hydrogen-bond donors (Lipinski definition) is 1. The molecule has 4 heteroatoms. The summed E-state index contributed by atoms with van der Waals surface area (Å²) < 4.78 is 5.54. The molecule has 0 spiro atoms. The van der Waals surface area contributed by atoms with E-state index in [1.807, 2.05) is 31.3 Å². The first kappa shape index (κ1) is 13.5. The zero-order valence-electron chi connectivity index (χ0n) is 10.7. The van der Waals surface area contributed by atoms with Gasteiger partial charge in [0, 0.05) is 20.6 Å². The zero-order valence-corrected chi connectivity index (χ0v) is 10.7. The van der Waals surface area contributed by atoms with Crippen LogP contribution in [0, 0.1) is 0 Å². The molecule has 0 saturated heterocycles. The Balaban J connectivity index is 2.41. The van der Waals surface area contributed by atoms with E-state index in [-0.39, 0.29) is 5.91 Å². The van der Waals surface area contributed by atoms with E-state index in [1.165, 1.54) is 5.56 Å². The first-order chi connectivity index (χ1) is 8.13. The van der Waals surface area contributed by atoms with Gasteiger partial charge in [0.2, 0.25) is 5.91 Å². The van der Waals surface area contributed by atoms with Gasteiger partial charge in [0.1, 0.15) is 5.75 Å². The van der Waals surface area contributed by atoms with Gasteiger partial charge in [0.15, 0.2) is 0 Å². The van der Waals surface area contributed by atoms with Crippen LogP contribution in [0.3, 0.4) is 0 Å². The first-order valence-corrected chi connectivity index (χ1v) is 5.70. The topological polar surface area (TPSA) is 41.6 Å². The largest absolute Gasteiger partial charge is 0.493 e. The van der Waals surface area contributed by atoms with E-state index >= 15 is 0 Å². The fourth-order valence-electron chi connectivity index (χ4n) is 1.43. The summed E-state index contributed by atoms with van der Waals surface area (Å²) in [6.07, 6.45) is 0.406. The van der Waals surface area contributed by atoms with Gasteiger partial charge in [-0.2, -0.15) is 0 Å². The van der Waals surface area contributed by atoms with Gasteiger partial charge in [-0.3, -0.25) is 4.79 Å². The highest BCUT2D eigenvalue weighted by molar-refractivity contribution is 5.75. The summed E-state index contributed by atoms with van der Waals surface area (Å²) in [6.45, 7) is 1.23. The summed E-state index contributed by atoms with van der Waals surface area (Å²) in [4.78, 5) is 12.9. The highest BCUT2D eigenvalue weighted by Gasteiger charge is 2.04. The Morgan fingerprint density at radius 3 is 2.82 bits per heavy atom. The summed E-state index contributed by atoms with van der Waals surface area (Å²) in [5, 5.41) is 3.08. The number of ether oxygens (including phenoxy) is 1. The van der Waals surface area contributed by atoms with E-state index in [4.69, 9.17) is 4.74 Å². The summed E-state index contributed by atoms with van der Waals surface area (Å²) in [5.41, 5.74) is 1.17. The molecule has 1 amide bonds. The lowest BCUT2D eigenvalue weighted by Crippen LogP contribution is -2.23. The van der Waals surface area contributed by atoms with Crippen LogP contribution in [0.5, 0.6) is 5.75 Å². The Kier molecular flexibility index (Phi) is 5.49. The smallest absolute Gasteiger partial charge is 0.225 e. The average Bonchev–Trinajstić information content (AvgIpc) is 2.29. The number of nitrogens with zero attached hydrogens (tertiary/aromatic N) is 1. The number of rotatable bonds is 6. The molecule has 0 radical (unpaired) electrons. The molecule has 1 rings (SSSR count). The summed E-state index contributed by atoms with van der Waals surface area (Å²) >= 11 is 0. The SMILES string of the molecule is CNCc1cccc(OCCC(=O)N(C)C)c1. The molecule has 0 atom stereocenters. The van der Waals surface area contributed by atoms with Crippen LogP contribution in [0.2, 0.25) is 0 Å². The van der Waals surface area contributed by atoms with Crippen LogP contribution >= 0.6 is 0 Å². The molecule has 0 aliphatic carbocycles. The Morgan fingerprint density at radius 1 is 1.41 bits per heavy atom. The molecule has 94 valence electrons. The zero-order chi connectivity index (χ0) is 12.7. The number of nitrogens with one attached hydrogen (secondary N) is 1. The van der Waals surface area contributed by atoms with Crippen molar-refractivity contribution < 1.29 is 9.53 Å². The van der Waals surface area contributed by atoms with Crippen molar-refractivity contribution in [3.05, 3.63) is 29.8 Å². The van der Waals surface area contributed by atoms with Crippen molar-refractivity contribution in [2.45, 2.75) is 13.0 Å². The molecule has 4 nitrogen and oxygen atoms in total. The molecule has 0 aliphatic heterocycles. The Hall–Kier alpha value is -1.55. The minimum atomic E-state index is 0.0800. The number of carbonyl (C=O) groups excluding carboxylic acids is 1. The standard InChI is InChI=1S/C13H20N2O2/c1-14-10-11-5-4-6-12(9-11)17-8-7-13(16)15(2)3/h4-6,9,14H,7-8,10H2,1-3H3. The number of carbonyl (C=O) groups is 1. The van der Waals surface area contributed by atoms with E-state index < -0.39 is 0 Å². The maximum Gasteiger partial charge on any atom is 0.225 e. The van der Waals surface area contributed by atoms with Crippen LogP contribution in [-0.4, -0.2) is 38.6 Å². The van der Waals surface area contributed by atoms with E-state index in [0.29, 0.717) is 13.0 Å². The minimum absolute atomic E-state index is 0.0800. The molecule has 1 aromatic carbocycles. The highest BCUT2D eigenvalue weighted by atomic mass is 16.5. The molecular weight excluding hydrogens is 216 g/mol. The Labute approximate surface area is 103 Å². The summed E-state index contributed by atoms with van der Waals surface area (Å²) in [5.74, 6) is 0.890. The van der Waals surface area contributed by atoms with Crippen molar-refractivity contribution >= 4 is 5.91 Å². The van der Waals surface area contributed by atoms with Crippen molar-refractivity contribution in [3.8, 4) is 5.75 Å². The van der Waals surface area contributed by atoms with Gasteiger partial charge >= 0.3 is 0 Å². The van der Waals surface area contributed by atoms with E-state index in [2.05, 4.69) is 5.32 Å². The van der Waals surface area contributed by atoms with Crippen LogP contribution in [0.15, 0.2) is 24.3 Å². The van der Waals surface area contributed by atoms with Gasteiger partial charge in [-0.05, 0) is 24.7 Å². The van der Waals surface area contributed by atoms with Gasteiger partial charge in [-0.25, -0.2) is 0 Å². The van der Waals surface area contributed by atoms with Crippen LogP contribution < -0.4 is 10.1 Å². The van der Waals surface area contributed by atoms with Crippen molar-refractivity contribution in [1.29, 1.82) is 0 Å². The molecule has 1 aromatic rings. The van der Waals surface area contributed by atoms with Gasteiger partial charge < -0.3 is 15.0 Å². The van der Waals surface area contributed by atoms with Crippen molar-refractivity contribution in [1.82, 2.24) is 10.2 Å². The van der Waals surface area contributed by atoms with Crippen molar-refractivity contribution in [3.63, 3.8) is 0 Å². The van der Waals surface area contributed by atoms with Gasteiger partial charge in [-0.1, -0.05) is 12.1 Å². The molecule has 0 unspecified atom stereocenters. The summed E-state index contributed by atoms with van der Waals surface area (Å²) in [6, 6.07) is 7.88. The fourth-order valence-corrected chi connectivity index (χ4v) is 1.43. The molecule has 0 aliphatic rings. The molecule has 1 N–H and O–H groups in total. The third kappa shape index (κ3) is 4.87. The summed E-state index contributed by atoms with van der Waals surface area (Å²) in [7, 11) is 5.40. The molecular formula is C13H20N2O2. The van der Waals surface area contributed by atoms with Crippen LogP contribution in [-0.2, 0) is 11.3 Å². The normalized spacial score (nSPS) is 10.1. The highest BCUT2D eigenvalue weighted by Crippen LogP contribution is 2.13. The third-order valence-electron chi connectivity index (χ3n) is 2.36. The van der Waals surface area contributed by atoms with Crippen LogP contribution in [0.4, 0.5) is 0 Å². The van der Waals surface area contributed by atoms with E-state index in [1.54, 1.807) is 19.0 Å². The second kappa shape index (κ2) is 6.91. The lowest BCUT2D eigenvalue weighted by atomic mass is 10.2. The first-order valence-electron chi connectivity index (χ1n) is 5.70.